The highest BCUT2D eigenvalue weighted by Crippen LogP contribution is 2.36. The molecule has 1 aliphatic carbocycles. The third kappa shape index (κ3) is 5.29. The van der Waals surface area contributed by atoms with Gasteiger partial charge in [0.2, 0.25) is 5.88 Å². The third-order valence-electron chi connectivity index (χ3n) is 5.80. The number of nitrogens with two attached hydrogens (primary N) is 2. The van der Waals surface area contributed by atoms with Crippen molar-refractivity contribution < 1.29 is 23.4 Å². The summed E-state index contributed by atoms with van der Waals surface area (Å²) < 4.78 is 32.2. The van der Waals surface area contributed by atoms with Crippen LogP contribution in [0.4, 0.5) is 14.5 Å². The molecule has 1 aromatic carbocycles. The van der Waals surface area contributed by atoms with Crippen molar-refractivity contribution in [2.75, 3.05) is 18.0 Å². The minimum atomic E-state index is -2.54. The van der Waals surface area contributed by atoms with Gasteiger partial charge in [-0.25, -0.2) is 13.6 Å². The molecule has 9 heteroatoms. The Kier molecular flexibility index (Phi) is 6.46. The van der Waals surface area contributed by atoms with Gasteiger partial charge < -0.3 is 25.9 Å². The number of aliphatic carboxylic acids is 1. The number of hydrogen-bond acceptors (Lipinski definition) is 6. The Morgan fingerprint density at radius 1 is 1.14 bits per heavy atom. The van der Waals surface area contributed by atoms with E-state index in [2.05, 4.69) is 12.1 Å². The van der Waals surface area contributed by atoms with E-state index in [1.165, 1.54) is 5.56 Å². The molecule has 2 fully saturated rings. The second kappa shape index (κ2) is 8.86. The Bertz CT molecular complexity index is 737. The second-order valence-electron chi connectivity index (χ2n) is 7.71. The molecule has 0 spiro atoms. The maximum absolute atomic E-state index is 13.3. The second-order valence-corrected chi connectivity index (χ2v) is 7.71. The maximum Gasteiger partial charge on any atom is 0.358 e. The van der Waals surface area contributed by atoms with E-state index < -0.39 is 11.9 Å². The molecule has 0 radical (unpaired) electrons. The van der Waals surface area contributed by atoms with E-state index in [1.807, 2.05) is 22.5 Å². The Hall–Kier alpha value is -2.55. The number of ether oxygens (including phenoxy) is 1. The molecule has 6 N–H and O–H groups in total. The molecule has 160 valence electrons. The summed E-state index contributed by atoms with van der Waals surface area (Å²) in [6.45, 7) is 0.749. The average molecular weight is 410 g/mol. The molecule has 1 saturated carbocycles. The van der Waals surface area contributed by atoms with Crippen LogP contribution in [0.1, 0.15) is 50.0 Å². The van der Waals surface area contributed by atoms with Crippen LogP contribution in [0, 0.1) is 0 Å². The predicted molar refractivity (Wildman–Crippen MR) is 105 cm³/mol. The Morgan fingerprint density at radius 2 is 1.72 bits per heavy atom. The molecule has 0 aromatic heterocycles. The summed E-state index contributed by atoms with van der Waals surface area (Å²) in [6, 6.07) is 8.16. The Balaban J connectivity index is 1.53. The highest BCUT2D eigenvalue weighted by atomic mass is 19.3. The van der Waals surface area contributed by atoms with Crippen LogP contribution in [0.5, 0.6) is 0 Å². The van der Waals surface area contributed by atoms with Gasteiger partial charge in [-0.1, -0.05) is 12.1 Å². The molecule has 1 saturated heterocycles. The van der Waals surface area contributed by atoms with Crippen molar-refractivity contribution in [2.45, 2.75) is 56.5 Å². The van der Waals surface area contributed by atoms with Crippen LogP contribution in [-0.2, 0) is 9.53 Å². The molecule has 0 amide bonds. The molecule has 1 aromatic rings. The van der Waals surface area contributed by atoms with Crippen LogP contribution in [0.2, 0.25) is 0 Å². The molecule has 0 unspecified atom stereocenters. The van der Waals surface area contributed by atoms with Gasteiger partial charge in [0.1, 0.15) is 6.10 Å². The fourth-order valence-electron chi connectivity index (χ4n) is 4.04. The first kappa shape index (κ1) is 21.2. The SMILES string of the molecule is NN/C(C(=O)O)=C(\N)OC1CCC(c2ccc(N3CCC(F)(F)CC3)cc2)CC1. The number of rotatable bonds is 6. The van der Waals surface area contributed by atoms with Crippen LogP contribution in [-0.4, -0.2) is 36.2 Å². The smallest absolute Gasteiger partial charge is 0.358 e. The molecule has 3 rings (SSSR count). The predicted octanol–water partition coefficient (Wildman–Crippen LogP) is 2.64. The van der Waals surface area contributed by atoms with E-state index in [-0.39, 0.29) is 30.5 Å². The van der Waals surface area contributed by atoms with Crippen molar-refractivity contribution in [3.63, 3.8) is 0 Å². The van der Waals surface area contributed by atoms with Gasteiger partial charge in [-0.15, -0.1) is 0 Å². The fourth-order valence-corrected chi connectivity index (χ4v) is 4.04. The lowest BCUT2D eigenvalue weighted by molar-refractivity contribution is -0.133. The quantitative estimate of drug-likeness (QED) is 0.247. The number of hydrazine groups is 1. The zero-order chi connectivity index (χ0) is 21.0. The van der Waals surface area contributed by atoms with E-state index in [9.17, 15) is 13.6 Å². The normalized spacial score (nSPS) is 25.1. The van der Waals surface area contributed by atoms with Crippen molar-refractivity contribution in [3.8, 4) is 0 Å². The molecule has 0 atom stereocenters. The number of piperidine rings is 1. The standard InChI is InChI=1S/C20H28F2N4O3/c21-20(22)9-11-26(12-10-20)15-5-1-13(2-6-15)14-3-7-16(8-4-14)29-18(23)17(25-24)19(27)28/h1-2,5-6,14,16,25H,3-4,7-12,23-24H2,(H,27,28)/b18-17+. The van der Waals surface area contributed by atoms with Crippen molar-refractivity contribution >= 4 is 11.7 Å². The molecular formula is C20H28F2N4O3. The fraction of sp³-hybridized carbons (Fsp3) is 0.550. The summed E-state index contributed by atoms with van der Waals surface area (Å²) in [7, 11) is 0. The third-order valence-corrected chi connectivity index (χ3v) is 5.80. The molecule has 1 heterocycles. The molecule has 7 nitrogen and oxygen atoms in total. The number of alkyl halides is 2. The number of halogens is 2. The summed E-state index contributed by atoms with van der Waals surface area (Å²) in [5.41, 5.74) is 9.59. The van der Waals surface area contributed by atoms with Crippen LogP contribution in [0.3, 0.4) is 0 Å². The Labute approximate surface area is 168 Å². The lowest BCUT2D eigenvalue weighted by Crippen LogP contribution is -2.39. The van der Waals surface area contributed by atoms with Gasteiger partial charge >= 0.3 is 5.97 Å². The van der Waals surface area contributed by atoms with Gasteiger partial charge in [0, 0.05) is 31.6 Å². The zero-order valence-corrected chi connectivity index (χ0v) is 16.2. The molecule has 2 aliphatic rings. The van der Waals surface area contributed by atoms with Crippen molar-refractivity contribution in [2.24, 2.45) is 11.6 Å². The van der Waals surface area contributed by atoms with Crippen LogP contribution in [0.25, 0.3) is 0 Å². The number of carboxylic acids is 1. The number of benzene rings is 1. The average Bonchev–Trinajstić information content (AvgIpc) is 2.69. The maximum atomic E-state index is 13.3. The van der Waals surface area contributed by atoms with Crippen molar-refractivity contribution in [3.05, 3.63) is 41.4 Å². The summed E-state index contributed by atoms with van der Waals surface area (Å²) in [5.74, 6) is 1.53. The number of carbonyl (C=O) groups is 1. The Morgan fingerprint density at radius 3 is 2.24 bits per heavy atom. The summed E-state index contributed by atoms with van der Waals surface area (Å²) in [6.07, 6.45) is 2.96. The van der Waals surface area contributed by atoms with Crippen LogP contribution >= 0.6 is 0 Å². The van der Waals surface area contributed by atoms with Gasteiger partial charge in [-0.2, -0.15) is 0 Å². The van der Waals surface area contributed by atoms with Gasteiger partial charge in [0.25, 0.3) is 5.92 Å². The van der Waals surface area contributed by atoms with E-state index in [1.54, 1.807) is 0 Å². The monoisotopic (exact) mass is 410 g/mol. The van der Waals surface area contributed by atoms with Crippen molar-refractivity contribution in [1.82, 2.24) is 5.43 Å². The minimum Gasteiger partial charge on any atom is -0.476 e. The van der Waals surface area contributed by atoms with Crippen LogP contribution < -0.4 is 21.9 Å². The molecule has 29 heavy (non-hydrogen) atoms. The molecule has 0 bridgehead atoms. The van der Waals surface area contributed by atoms with Gasteiger partial charge in [-0.05, 0) is 49.3 Å². The number of anilines is 1. The lowest BCUT2D eigenvalue weighted by Gasteiger charge is -2.34. The van der Waals surface area contributed by atoms with Gasteiger partial charge in [-0.3, -0.25) is 5.84 Å². The number of carboxylic acid groups (broad SMARTS) is 1. The summed E-state index contributed by atoms with van der Waals surface area (Å²) >= 11 is 0. The molecule has 1 aliphatic heterocycles. The van der Waals surface area contributed by atoms with E-state index in [4.69, 9.17) is 21.4 Å². The van der Waals surface area contributed by atoms with E-state index in [0.29, 0.717) is 19.0 Å². The largest absolute Gasteiger partial charge is 0.476 e. The number of nitrogens with one attached hydrogen (secondary N) is 1. The first-order valence-electron chi connectivity index (χ1n) is 9.88. The highest BCUT2D eigenvalue weighted by molar-refractivity contribution is 5.86. The van der Waals surface area contributed by atoms with E-state index >= 15 is 0 Å². The van der Waals surface area contributed by atoms with Crippen molar-refractivity contribution in [1.29, 1.82) is 0 Å². The first-order valence-corrected chi connectivity index (χ1v) is 9.88. The highest BCUT2D eigenvalue weighted by Gasteiger charge is 2.34. The minimum absolute atomic E-state index is 0.0976. The number of hydrogen-bond donors (Lipinski definition) is 4. The topological polar surface area (TPSA) is 114 Å². The van der Waals surface area contributed by atoms with Gasteiger partial charge in [0.15, 0.2) is 5.70 Å². The van der Waals surface area contributed by atoms with E-state index in [0.717, 1.165) is 31.4 Å². The summed E-state index contributed by atoms with van der Waals surface area (Å²) in [4.78, 5) is 13.0. The summed E-state index contributed by atoms with van der Waals surface area (Å²) in [5, 5.41) is 9.01. The van der Waals surface area contributed by atoms with Crippen LogP contribution in [0.15, 0.2) is 35.8 Å². The number of nitrogens with zero attached hydrogens (tertiary/aromatic N) is 1. The zero-order valence-electron chi connectivity index (χ0n) is 16.2. The molecular weight excluding hydrogens is 382 g/mol. The first-order chi connectivity index (χ1) is 13.8. The van der Waals surface area contributed by atoms with Gasteiger partial charge in [0.05, 0.1) is 0 Å². The lowest BCUT2D eigenvalue weighted by atomic mass is 9.82.